The minimum atomic E-state index is -4.40. The van der Waals surface area contributed by atoms with E-state index in [1.807, 2.05) is 0 Å². The molecule has 1 aliphatic heterocycles. The van der Waals surface area contributed by atoms with Crippen LogP contribution in [0.1, 0.15) is 19.8 Å². The molecule has 1 amide bonds. The van der Waals surface area contributed by atoms with Crippen LogP contribution >= 0.6 is 0 Å². The van der Waals surface area contributed by atoms with Crippen LogP contribution in [0.4, 0.5) is 13.2 Å². The second-order valence-corrected chi connectivity index (χ2v) is 4.48. The number of ether oxygens (including phenoxy) is 1. The minimum Gasteiger partial charge on any atom is -0.481 e. The van der Waals surface area contributed by atoms with Gasteiger partial charge in [-0.05, 0) is 13.3 Å². The summed E-state index contributed by atoms with van der Waals surface area (Å²) < 4.78 is 39.7. The van der Waals surface area contributed by atoms with Crippen molar-refractivity contribution in [1.82, 2.24) is 4.90 Å². The first kappa shape index (κ1) is 15.7. The number of likely N-dealkylation sites (tertiary alicyclic amines) is 1. The summed E-state index contributed by atoms with van der Waals surface area (Å²) in [6.45, 7) is 0.239. The molecule has 0 saturated carbocycles. The molecule has 0 bridgehead atoms. The van der Waals surface area contributed by atoms with Gasteiger partial charge in [0.1, 0.15) is 6.61 Å². The lowest BCUT2D eigenvalue weighted by molar-refractivity contribution is -0.175. The van der Waals surface area contributed by atoms with E-state index in [0.29, 0.717) is 13.0 Å². The van der Waals surface area contributed by atoms with E-state index < -0.39 is 30.7 Å². The Morgan fingerprint density at radius 2 is 2.05 bits per heavy atom. The van der Waals surface area contributed by atoms with Crippen molar-refractivity contribution in [3.05, 3.63) is 0 Å². The maximum absolute atomic E-state index is 11.8. The maximum Gasteiger partial charge on any atom is 0.411 e. The number of carbonyl (C=O) groups excluding carboxylic acids is 1. The molecule has 0 aliphatic carbocycles. The average Bonchev–Trinajstić information content (AvgIpc) is 2.65. The SMILES string of the molecule is CC1C(C(=O)O)CCN1C(=O)CCOCC(F)(F)F. The smallest absolute Gasteiger partial charge is 0.411 e. The van der Waals surface area contributed by atoms with Gasteiger partial charge in [-0.3, -0.25) is 9.59 Å². The van der Waals surface area contributed by atoms with Crippen molar-refractivity contribution in [1.29, 1.82) is 0 Å². The summed E-state index contributed by atoms with van der Waals surface area (Å²) in [6, 6.07) is -0.437. The molecule has 0 spiro atoms. The fourth-order valence-corrected chi connectivity index (χ4v) is 2.11. The van der Waals surface area contributed by atoms with Gasteiger partial charge in [0.15, 0.2) is 0 Å². The van der Waals surface area contributed by atoms with Crippen molar-refractivity contribution in [2.75, 3.05) is 19.8 Å². The molecule has 1 saturated heterocycles. The van der Waals surface area contributed by atoms with E-state index in [9.17, 15) is 22.8 Å². The third-order valence-electron chi connectivity index (χ3n) is 3.12. The fourth-order valence-electron chi connectivity index (χ4n) is 2.11. The molecule has 1 N–H and O–H groups in total. The predicted molar refractivity (Wildman–Crippen MR) is 58.4 cm³/mol. The molecule has 0 aromatic rings. The zero-order valence-corrected chi connectivity index (χ0v) is 10.4. The van der Waals surface area contributed by atoms with E-state index in [4.69, 9.17) is 5.11 Å². The molecular formula is C11H16F3NO4. The molecular weight excluding hydrogens is 267 g/mol. The molecule has 19 heavy (non-hydrogen) atoms. The second-order valence-electron chi connectivity index (χ2n) is 4.48. The Kier molecular flexibility index (Phi) is 5.16. The Labute approximate surface area is 108 Å². The van der Waals surface area contributed by atoms with Gasteiger partial charge in [0.05, 0.1) is 18.9 Å². The van der Waals surface area contributed by atoms with Crippen LogP contribution in [0.25, 0.3) is 0 Å². The standard InChI is InChI=1S/C11H16F3NO4/c1-7-8(10(17)18)2-4-15(7)9(16)3-5-19-6-11(12,13)14/h7-8H,2-6H2,1H3,(H,17,18). The van der Waals surface area contributed by atoms with Crippen molar-refractivity contribution in [2.24, 2.45) is 5.92 Å². The maximum atomic E-state index is 11.8. The lowest BCUT2D eigenvalue weighted by Gasteiger charge is -2.23. The molecule has 0 radical (unpaired) electrons. The van der Waals surface area contributed by atoms with Crippen molar-refractivity contribution >= 4 is 11.9 Å². The first-order valence-corrected chi connectivity index (χ1v) is 5.89. The van der Waals surface area contributed by atoms with Crippen LogP contribution in [-0.4, -0.2) is 53.9 Å². The number of hydrogen-bond acceptors (Lipinski definition) is 3. The summed E-state index contributed by atoms with van der Waals surface area (Å²) in [7, 11) is 0. The topological polar surface area (TPSA) is 66.8 Å². The molecule has 0 aromatic carbocycles. The van der Waals surface area contributed by atoms with Gasteiger partial charge >= 0.3 is 12.1 Å². The zero-order chi connectivity index (χ0) is 14.6. The van der Waals surface area contributed by atoms with Crippen LogP contribution in [0, 0.1) is 5.92 Å². The first-order chi connectivity index (χ1) is 8.72. The largest absolute Gasteiger partial charge is 0.481 e. The lowest BCUT2D eigenvalue weighted by atomic mass is 10.0. The average molecular weight is 283 g/mol. The van der Waals surface area contributed by atoms with Gasteiger partial charge < -0.3 is 14.7 Å². The van der Waals surface area contributed by atoms with Gasteiger partial charge in [-0.1, -0.05) is 0 Å². The van der Waals surface area contributed by atoms with E-state index in [2.05, 4.69) is 4.74 Å². The third-order valence-corrected chi connectivity index (χ3v) is 3.12. The molecule has 1 rings (SSSR count). The first-order valence-electron chi connectivity index (χ1n) is 5.89. The van der Waals surface area contributed by atoms with Crippen LogP contribution in [-0.2, 0) is 14.3 Å². The highest BCUT2D eigenvalue weighted by Crippen LogP contribution is 2.25. The van der Waals surface area contributed by atoms with Gasteiger partial charge in [0.2, 0.25) is 5.91 Å². The van der Waals surface area contributed by atoms with Crippen LogP contribution in [0.3, 0.4) is 0 Å². The highest BCUT2D eigenvalue weighted by Gasteiger charge is 2.37. The summed E-state index contributed by atoms with van der Waals surface area (Å²) >= 11 is 0. The van der Waals surface area contributed by atoms with E-state index in [1.54, 1.807) is 6.92 Å². The van der Waals surface area contributed by atoms with Crippen LogP contribution < -0.4 is 0 Å². The summed E-state index contributed by atoms with van der Waals surface area (Å²) in [5.74, 6) is -1.95. The van der Waals surface area contributed by atoms with Gasteiger partial charge in [-0.15, -0.1) is 0 Å². The Bertz CT molecular complexity index is 345. The predicted octanol–water partition coefficient (Wildman–Crippen LogP) is 1.28. The van der Waals surface area contributed by atoms with Gasteiger partial charge in [-0.25, -0.2) is 0 Å². The summed E-state index contributed by atoms with van der Waals surface area (Å²) in [5, 5.41) is 8.90. The Hall–Kier alpha value is -1.31. The number of amides is 1. The van der Waals surface area contributed by atoms with E-state index in [1.165, 1.54) is 4.90 Å². The van der Waals surface area contributed by atoms with Crippen LogP contribution in [0.2, 0.25) is 0 Å². The molecule has 2 atom stereocenters. The van der Waals surface area contributed by atoms with Gasteiger partial charge in [-0.2, -0.15) is 13.2 Å². The van der Waals surface area contributed by atoms with E-state index in [-0.39, 0.29) is 18.9 Å². The Morgan fingerprint density at radius 1 is 1.42 bits per heavy atom. The number of nitrogens with zero attached hydrogens (tertiary/aromatic N) is 1. The zero-order valence-electron chi connectivity index (χ0n) is 10.4. The number of carboxylic acids is 1. The molecule has 0 aromatic heterocycles. The molecule has 1 heterocycles. The second kappa shape index (κ2) is 6.23. The minimum absolute atomic E-state index is 0.174. The molecule has 5 nitrogen and oxygen atoms in total. The van der Waals surface area contributed by atoms with E-state index >= 15 is 0 Å². The Morgan fingerprint density at radius 3 is 2.53 bits per heavy atom. The molecule has 1 aliphatic rings. The van der Waals surface area contributed by atoms with Gasteiger partial charge in [0.25, 0.3) is 0 Å². The molecule has 2 unspecified atom stereocenters. The highest BCUT2D eigenvalue weighted by molar-refractivity contribution is 5.79. The summed E-state index contributed by atoms with van der Waals surface area (Å²) in [4.78, 5) is 24.0. The van der Waals surface area contributed by atoms with Crippen LogP contribution in [0.5, 0.6) is 0 Å². The highest BCUT2D eigenvalue weighted by atomic mass is 19.4. The molecule has 8 heteroatoms. The fraction of sp³-hybridized carbons (Fsp3) is 0.818. The number of rotatable bonds is 5. The number of carboxylic acid groups (broad SMARTS) is 1. The van der Waals surface area contributed by atoms with Crippen molar-refractivity contribution in [2.45, 2.75) is 32.0 Å². The van der Waals surface area contributed by atoms with Crippen molar-refractivity contribution in [3.8, 4) is 0 Å². The van der Waals surface area contributed by atoms with E-state index in [0.717, 1.165) is 0 Å². The third kappa shape index (κ3) is 4.70. The Balaban J connectivity index is 2.33. The van der Waals surface area contributed by atoms with Crippen LogP contribution in [0.15, 0.2) is 0 Å². The van der Waals surface area contributed by atoms with Crippen molar-refractivity contribution in [3.63, 3.8) is 0 Å². The monoisotopic (exact) mass is 283 g/mol. The van der Waals surface area contributed by atoms with Gasteiger partial charge in [0, 0.05) is 12.6 Å². The molecule has 1 fully saturated rings. The summed E-state index contributed by atoms with van der Waals surface area (Å²) in [6.07, 6.45) is -4.21. The molecule has 110 valence electrons. The lowest BCUT2D eigenvalue weighted by Crippen LogP contribution is -2.38. The van der Waals surface area contributed by atoms with Crippen molar-refractivity contribution < 1.29 is 32.6 Å². The normalized spacial score (nSPS) is 23.7. The number of hydrogen-bond donors (Lipinski definition) is 1. The number of carbonyl (C=O) groups is 2. The number of alkyl halides is 3. The summed E-state index contributed by atoms with van der Waals surface area (Å²) in [5.41, 5.74) is 0. The number of aliphatic carboxylic acids is 1. The quantitative estimate of drug-likeness (QED) is 0.772. The number of halogens is 3.